The van der Waals surface area contributed by atoms with Gasteiger partial charge in [0, 0.05) is 6.42 Å². The summed E-state index contributed by atoms with van der Waals surface area (Å²) < 4.78 is 10.5. The summed E-state index contributed by atoms with van der Waals surface area (Å²) in [6.07, 6.45) is 1.82. The summed E-state index contributed by atoms with van der Waals surface area (Å²) in [5.74, 6) is 0.134. The lowest BCUT2D eigenvalue weighted by Gasteiger charge is -2.13. The Morgan fingerprint density at radius 1 is 1.28 bits per heavy atom. The lowest BCUT2D eigenvalue weighted by molar-refractivity contribution is -0.107. The van der Waals surface area contributed by atoms with Crippen LogP contribution in [0.2, 0.25) is 0 Å². The molecule has 0 amide bonds. The van der Waals surface area contributed by atoms with Crippen molar-refractivity contribution in [1.29, 1.82) is 0 Å². The lowest BCUT2D eigenvalue weighted by atomic mass is 10.0. The van der Waals surface area contributed by atoms with E-state index in [0.29, 0.717) is 37.4 Å². The molecule has 4 nitrogen and oxygen atoms in total. The number of carbonyl (C=O) groups excluding carboxylic acids is 2. The van der Waals surface area contributed by atoms with Crippen LogP contribution in [-0.2, 0) is 16.0 Å². The van der Waals surface area contributed by atoms with Crippen molar-refractivity contribution in [2.75, 3.05) is 13.2 Å². The first-order chi connectivity index (χ1) is 8.74. The third-order valence-corrected chi connectivity index (χ3v) is 2.41. The first-order valence-corrected chi connectivity index (χ1v) is 6.10. The monoisotopic (exact) mass is 250 g/mol. The van der Waals surface area contributed by atoms with Gasteiger partial charge in [-0.05, 0) is 31.9 Å². The molecule has 0 bridgehead atoms. The number of rotatable bonds is 7. The smallest absolute Gasteiger partial charge is 0.341 e. The maximum atomic E-state index is 11.8. The Kier molecular flexibility index (Phi) is 5.91. The first kappa shape index (κ1) is 14.2. The van der Waals surface area contributed by atoms with Crippen LogP contribution in [0.1, 0.15) is 36.2 Å². The molecular formula is C14H18O4. The average molecular weight is 250 g/mol. The highest BCUT2D eigenvalue weighted by Gasteiger charge is 2.16. The molecule has 0 heterocycles. The van der Waals surface area contributed by atoms with Gasteiger partial charge in [0.1, 0.15) is 17.6 Å². The molecule has 0 aliphatic carbocycles. The van der Waals surface area contributed by atoms with Gasteiger partial charge < -0.3 is 14.3 Å². The highest BCUT2D eigenvalue weighted by Crippen LogP contribution is 2.26. The van der Waals surface area contributed by atoms with Crippen molar-refractivity contribution in [2.24, 2.45) is 0 Å². The van der Waals surface area contributed by atoms with E-state index in [9.17, 15) is 9.59 Å². The molecule has 0 atom stereocenters. The topological polar surface area (TPSA) is 52.6 Å². The normalized spacial score (nSPS) is 9.89. The molecule has 1 aromatic carbocycles. The molecule has 0 fully saturated rings. The summed E-state index contributed by atoms with van der Waals surface area (Å²) in [5, 5.41) is 0. The van der Waals surface area contributed by atoms with E-state index < -0.39 is 5.97 Å². The zero-order valence-corrected chi connectivity index (χ0v) is 10.8. The van der Waals surface area contributed by atoms with E-state index in [-0.39, 0.29) is 0 Å². The number of aldehydes is 1. The fourth-order valence-corrected chi connectivity index (χ4v) is 1.68. The van der Waals surface area contributed by atoms with Crippen molar-refractivity contribution in [3.8, 4) is 5.75 Å². The van der Waals surface area contributed by atoms with Crippen LogP contribution >= 0.6 is 0 Å². The van der Waals surface area contributed by atoms with Gasteiger partial charge >= 0.3 is 5.97 Å². The Morgan fingerprint density at radius 2 is 2.06 bits per heavy atom. The third-order valence-electron chi connectivity index (χ3n) is 2.41. The van der Waals surface area contributed by atoms with E-state index in [2.05, 4.69) is 0 Å². The van der Waals surface area contributed by atoms with Crippen LogP contribution in [0.5, 0.6) is 5.75 Å². The summed E-state index contributed by atoms with van der Waals surface area (Å²) in [6.45, 7) is 4.40. The van der Waals surface area contributed by atoms with Gasteiger partial charge in [-0.25, -0.2) is 4.79 Å². The van der Waals surface area contributed by atoms with Crippen molar-refractivity contribution < 1.29 is 19.1 Å². The predicted octanol–water partition coefficient (Wildman–Crippen LogP) is 2.39. The van der Waals surface area contributed by atoms with Gasteiger partial charge in [-0.1, -0.05) is 12.1 Å². The Balaban J connectivity index is 3.07. The number of benzene rings is 1. The summed E-state index contributed by atoms with van der Waals surface area (Å²) in [7, 11) is 0. The summed E-state index contributed by atoms with van der Waals surface area (Å²) in [4.78, 5) is 22.2. The zero-order valence-electron chi connectivity index (χ0n) is 10.8. The van der Waals surface area contributed by atoms with Gasteiger partial charge in [-0.15, -0.1) is 0 Å². The number of para-hydroxylation sites is 1. The van der Waals surface area contributed by atoms with Gasteiger partial charge in [-0.2, -0.15) is 0 Å². The number of hydrogen-bond acceptors (Lipinski definition) is 4. The minimum Gasteiger partial charge on any atom is -0.493 e. The molecule has 0 aliphatic heterocycles. The van der Waals surface area contributed by atoms with Crippen molar-refractivity contribution in [1.82, 2.24) is 0 Å². The van der Waals surface area contributed by atoms with E-state index >= 15 is 0 Å². The standard InChI is InChI=1S/C14H18O4/c1-3-17-13-11(8-6-10-15)7-5-9-12(13)14(16)18-4-2/h5,7,9-10H,3-4,6,8H2,1-2H3. The number of carbonyl (C=O) groups is 2. The van der Waals surface area contributed by atoms with E-state index in [1.54, 1.807) is 19.1 Å². The number of esters is 1. The second-order valence-electron chi connectivity index (χ2n) is 3.65. The minimum atomic E-state index is -0.395. The van der Waals surface area contributed by atoms with Crippen molar-refractivity contribution in [2.45, 2.75) is 26.7 Å². The molecule has 18 heavy (non-hydrogen) atoms. The van der Waals surface area contributed by atoms with Crippen LogP contribution in [-0.4, -0.2) is 25.5 Å². The molecule has 98 valence electrons. The van der Waals surface area contributed by atoms with Gasteiger partial charge in [0.05, 0.1) is 13.2 Å². The highest BCUT2D eigenvalue weighted by atomic mass is 16.5. The highest BCUT2D eigenvalue weighted by molar-refractivity contribution is 5.93. The van der Waals surface area contributed by atoms with Crippen molar-refractivity contribution in [3.05, 3.63) is 29.3 Å². The molecule has 0 aromatic heterocycles. The molecule has 0 spiro atoms. The second-order valence-corrected chi connectivity index (χ2v) is 3.65. The third kappa shape index (κ3) is 3.58. The maximum absolute atomic E-state index is 11.8. The number of hydrogen-bond donors (Lipinski definition) is 0. The van der Waals surface area contributed by atoms with Gasteiger partial charge in [0.2, 0.25) is 0 Å². The summed E-state index contributed by atoms with van der Waals surface area (Å²) in [5.41, 5.74) is 1.27. The molecule has 1 rings (SSSR count). The van der Waals surface area contributed by atoms with E-state index in [1.807, 2.05) is 13.0 Å². The molecule has 0 unspecified atom stereocenters. The van der Waals surface area contributed by atoms with Gasteiger partial charge in [-0.3, -0.25) is 0 Å². The summed E-state index contributed by atoms with van der Waals surface area (Å²) >= 11 is 0. The predicted molar refractivity (Wildman–Crippen MR) is 68.0 cm³/mol. The molecule has 0 saturated carbocycles. The largest absolute Gasteiger partial charge is 0.493 e. The van der Waals surface area contributed by atoms with Crippen LogP contribution in [0.4, 0.5) is 0 Å². The Bertz CT molecular complexity index is 412. The fraction of sp³-hybridized carbons (Fsp3) is 0.429. The van der Waals surface area contributed by atoms with Crippen LogP contribution in [0.25, 0.3) is 0 Å². The number of ether oxygens (including phenoxy) is 2. The molecule has 4 heteroatoms. The van der Waals surface area contributed by atoms with Crippen molar-refractivity contribution >= 4 is 12.3 Å². The van der Waals surface area contributed by atoms with Crippen LogP contribution in [0.15, 0.2) is 18.2 Å². The first-order valence-electron chi connectivity index (χ1n) is 6.10. The second kappa shape index (κ2) is 7.48. The van der Waals surface area contributed by atoms with Crippen molar-refractivity contribution in [3.63, 3.8) is 0 Å². The Hall–Kier alpha value is -1.84. The molecule has 0 N–H and O–H groups in total. The molecular weight excluding hydrogens is 232 g/mol. The Labute approximate surface area is 107 Å². The molecule has 0 aliphatic rings. The van der Waals surface area contributed by atoms with Gasteiger partial charge in [0.15, 0.2) is 0 Å². The van der Waals surface area contributed by atoms with Gasteiger partial charge in [0.25, 0.3) is 0 Å². The van der Waals surface area contributed by atoms with E-state index in [1.165, 1.54) is 0 Å². The quantitative estimate of drug-likeness (QED) is 0.550. The Morgan fingerprint density at radius 3 is 2.67 bits per heavy atom. The fourth-order valence-electron chi connectivity index (χ4n) is 1.68. The maximum Gasteiger partial charge on any atom is 0.341 e. The SMILES string of the molecule is CCOC(=O)c1cccc(CCC=O)c1OCC. The van der Waals surface area contributed by atoms with E-state index in [4.69, 9.17) is 9.47 Å². The van der Waals surface area contributed by atoms with E-state index in [0.717, 1.165) is 11.8 Å². The lowest BCUT2D eigenvalue weighted by Crippen LogP contribution is -2.09. The minimum absolute atomic E-state index is 0.322. The van der Waals surface area contributed by atoms with Crippen LogP contribution < -0.4 is 4.74 Å². The molecule has 0 saturated heterocycles. The molecule has 0 radical (unpaired) electrons. The zero-order chi connectivity index (χ0) is 13.4. The summed E-state index contributed by atoms with van der Waals surface area (Å²) in [6, 6.07) is 5.31. The van der Waals surface area contributed by atoms with Crippen LogP contribution in [0, 0.1) is 0 Å². The number of aryl methyl sites for hydroxylation is 1. The molecule has 1 aromatic rings. The average Bonchev–Trinajstić information content (AvgIpc) is 2.38. The van der Waals surface area contributed by atoms with Crippen LogP contribution in [0.3, 0.4) is 0 Å².